The number of H-pyrrole nitrogens is 1. The molecule has 0 radical (unpaired) electrons. The van der Waals surface area contributed by atoms with Crippen molar-refractivity contribution in [2.45, 2.75) is 76.1 Å². The highest BCUT2D eigenvalue weighted by Crippen LogP contribution is 2.33. The number of nitrogens with one attached hydrogen (secondary N) is 4. The zero-order chi connectivity index (χ0) is 28.0. The minimum absolute atomic E-state index is 0.0752. The van der Waals surface area contributed by atoms with Crippen molar-refractivity contribution in [1.29, 1.82) is 0 Å². The van der Waals surface area contributed by atoms with Gasteiger partial charge in [0.15, 0.2) is 11.6 Å². The Morgan fingerprint density at radius 1 is 1.08 bits per heavy atom. The van der Waals surface area contributed by atoms with Crippen molar-refractivity contribution in [3.63, 3.8) is 0 Å². The van der Waals surface area contributed by atoms with Crippen LogP contribution in [0.5, 0.6) is 5.75 Å². The van der Waals surface area contributed by atoms with Crippen LogP contribution in [0.4, 0.5) is 0 Å². The first-order valence-electron chi connectivity index (χ1n) is 13.4. The van der Waals surface area contributed by atoms with E-state index in [4.69, 9.17) is 9.47 Å². The highest BCUT2D eigenvalue weighted by atomic mass is 16.6. The summed E-state index contributed by atoms with van der Waals surface area (Å²) in [7, 11) is 1.56. The van der Waals surface area contributed by atoms with Gasteiger partial charge in [0.05, 0.1) is 19.8 Å². The molecule has 4 atom stereocenters. The molecule has 2 fully saturated rings. The number of aromatic nitrogens is 2. The maximum atomic E-state index is 13.6. The molecule has 0 unspecified atom stereocenters. The number of ether oxygens (including phenoxy) is 2. The first kappa shape index (κ1) is 28.3. The number of carbonyl (C=O) groups is 4. The van der Waals surface area contributed by atoms with Crippen molar-refractivity contribution >= 4 is 23.5 Å². The molecule has 1 saturated heterocycles. The Bertz CT molecular complexity index is 1160. The minimum Gasteiger partial charge on any atom is -0.497 e. The third-order valence-electron chi connectivity index (χ3n) is 7.46. The molecule has 1 aliphatic carbocycles. The average Bonchev–Trinajstić information content (AvgIpc) is 3.32. The van der Waals surface area contributed by atoms with E-state index in [0.29, 0.717) is 24.7 Å². The van der Waals surface area contributed by atoms with Crippen LogP contribution in [0.15, 0.2) is 36.7 Å². The SMILES string of the molecule is COc1ccc(C[C@H](NC(=O)[C@@H](C)NC(=O)c2ncc[nH]2)C(=O)N[C@@H](CC2CCCC2)C(=O)[C@]2(C)CO2)cc1. The van der Waals surface area contributed by atoms with Crippen LogP contribution in [0.3, 0.4) is 0 Å². The van der Waals surface area contributed by atoms with Crippen molar-refractivity contribution in [1.82, 2.24) is 25.9 Å². The summed E-state index contributed by atoms with van der Waals surface area (Å²) in [5, 5.41) is 8.27. The number of imidazole rings is 1. The number of epoxide rings is 1. The van der Waals surface area contributed by atoms with Crippen molar-refractivity contribution in [3.8, 4) is 5.75 Å². The summed E-state index contributed by atoms with van der Waals surface area (Å²) in [6.07, 6.45) is 7.94. The Hall–Kier alpha value is -3.73. The summed E-state index contributed by atoms with van der Waals surface area (Å²) in [5.74, 6) is -0.601. The third-order valence-corrected chi connectivity index (χ3v) is 7.46. The summed E-state index contributed by atoms with van der Waals surface area (Å²) >= 11 is 0. The monoisotopic (exact) mass is 539 g/mol. The molecule has 39 heavy (non-hydrogen) atoms. The van der Waals surface area contributed by atoms with Gasteiger partial charge in [0.2, 0.25) is 11.8 Å². The van der Waals surface area contributed by atoms with Crippen molar-refractivity contribution < 1.29 is 28.7 Å². The Morgan fingerprint density at radius 2 is 1.74 bits per heavy atom. The molecule has 0 bridgehead atoms. The summed E-state index contributed by atoms with van der Waals surface area (Å²) in [6, 6.07) is 4.54. The van der Waals surface area contributed by atoms with E-state index in [-0.39, 0.29) is 18.0 Å². The van der Waals surface area contributed by atoms with Gasteiger partial charge in [-0.25, -0.2) is 4.98 Å². The predicted molar refractivity (Wildman–Crippen MR) is 142 cm³/mol. The van der Waals surface area contributed by atoms with Crippen LogP contribution < -0.4 is 20.7 Å². The Labute approximate surface area is 227 Å². The van der Waals surface area contributed by atoms with Gasteiger partial charge in [0.1, 0.15) is 23.4 Å². The molecule has 210 valence electrons. The standard InChI is InChI=1S/C28H37N5O6/c1-17(31-27(37)24-29-12-13-30-24)25(35)33-22(15-19-8-10-20(38-3)11-9-19)26(36)32-21(14-18-6-4-5-7-18)23(34)28(2)16-39-28/h8-13,17-18,21-22H,4-7,14-16H2,1-3H3,(H,29,30)(H,31,37)(H,32,36)(H,33,35)/t17-,21+,22+,28+/m1/s1. The number of aromatic amines is 1. The summed E-state index contributed by atoms with van der Waals surface area (Å²) in [6.45, 7) is 3.60. The van der Waals surface area contributed by atoms with Gasteiger partial charge < -0.3 is 30.4 Å². The van der Waals surface area contributed by atoms with Crippen LogP contribution in [0, 0.1) is 5.92 Å². The smallest absolute Gasteiger partial charge is 0.287 e. The fourth-order valence-corrected chi connectivity index (χ4v) is 4.93. The summed E-state index contributed by atoms with van der Waals surface area (Å²) < 4.78 is 10.6. The van der Waals surface area contributed by atoms with Crippen molar-refractivity contribution in [2.24, 2.45) is 5.92 Å². The number of hydrogen-bond donors (Lipinski definition) is 4. The van der Waals surface area contributed by atoms with E-state index in [1.807, 2.05) is 12.1 Å². The fourth-order valence-electron chi connectivity index (χ4n) is 4.93. The molecule has 3 amide bonds. The Balaban J connectivity index is 1.48. The minimum atomic E-state index is -0.985. The van der Waals surface area contributed by atoms with E-state index < -0.39 is 41.4 Å². The van der Waals surface area contributed by atoms with Gasteiger partial charge in [-0.3, -0.25) is 19.2 Å². The molecule has 11 nitrogen and oxygen atoms in total. The molecule has 2 heterocycles. The molecular weight excluding hydrogens is 502 g/mol. The normalized spacial score (nSPS) is 20.9. The van der Waals surface area contributed by atoms with Gasteiger partial charge in [-0.1, -0.05) is 37.8 Å². The maximum Gasteiger partial charge on any atom is 0.287 e. The molecule has 1 aliphatic heterocycles. The zero-order valence-corrected chi connectivity index (χ0v) is 22.6. The molecule has 1 aromatic heterocycles. The second kappa shape index (κ2) is 12.4. The van der Waals surface area contributed by atoms with E-state index in [9.17, 15) is 19.2 Å². The first-order chi connectivity index (χ1) is 18.7. The number of carbonyl (C=O) groups excluding carboxylic acids is 4. The quantitative estimate of drug-likeness (QED) is 0.282. The van der Waals surface area contributed by atoms with Crippen LogP contribution >= 0.6 is 0 Å². The number of ketones is 1. The van der Waals surface area contributed by atoms with Gasteiger partial charge in [-0.2, -0.15) is 0 Å². The lowest BCUT2D eigenvalue weighted by Crippen LogP contribution is -2.57. The van der Waals surface area contributed by atoms with Gasteiger partial charge >= 0.3 is 0 Å². The molecule has 2 aliphatic rings. The molecule has 0 spiro atoms. The Morgan fingerprint density at radius 3 is 2.33 bits per heavy atom. The number of methoxy groups -OCH3 is 1. The van der Waals surface area contributed by atoms with Gasteiger partial charge in [-0.05, 0) is 43.9 Å². The lowest BCUT2D eigenvalue weighted by Gasteiger charge is -2.26. The number of rotatable bonds is 13. The largest absolute Gasteiger partial charge is 0.497 e. The summed E-state index contributed by atoms with van der Waals surface area (Å²) in [5.41, 5.74) is -0.0877. The molecule has 4 rings (SSSR count). The lowest BCUT2D eigenvalue weighted by molar-refractivity contribution is -0.133. The highest BCUT2D eigenvalue weighted by molar-refractivity contribution is 5.99. The second-order valence-electron chi connectivity index (χ2n) is 10.6. The first-order valence-corrected chi connectivity index (χ1v) is 13.4. The van der Waals surface area contributed by atoms with Crippen molar-refractivity contribution in [2.75, 3.05) is 13.7 Å². The topological polar surface area (TPSA) is 155 Å². The molecule has 1 aromatic carbocycles. The fraction of sp³-hybridized carbons (Fsp3) is 0.536. The van der Waals surface area contributed by atoms with E-state index in [1.165, 1.54) is 19.3 Å². The number of benzene rings is 1. The zero-order valence-electron chi connectivity index (χ0n) is 22.6. The Kier molecular flexibility index (Phi) is 9.01. The highest BCUT2D eigenvalue weighted by Gasteiger charge is 2.50. The molecule has 11 heteroatoms. The second-order valence-corrected chi connectivity index (χ2v) is 10.6. The van der Waals surface area contributed by atoms with E-state index in [1.54, 1.807) is 26.2 Å². The number of Topliss-reactive ketones (excluding diaryl/α,β-unsaturated/α-hetero) is 1. The molecule has 2 aromatic rings. The molecular formula is C28H37N5O6. The van der Waals surface area contributed by atoms with Crippen LogP contribution in [0.25, 0.3) is 0 Å². The van der Waals surface area contributed by atoms with Crippen LogP contribution in [-0.2, 0) is 25.5 Å². The van der Waals surface area contributed by atoms with E-state index in [2.05, 4.69) is 25.9 Å². The van der Waals surface area contributed by atoms with Crippen LogP contribution in [0.1, 0.15) is 62.1 Å². The van der Waals surface area contributed by atoms with Crippen molar-refractivity contribution in [3.05, 3.63) is 48.0 Å². The van der Waals surface area contributed by atoms with Gasteiger partial charge in [0.25, 0.3) is 5.91 Å². The molecule has 4 N–H and O–H groups in total. The van der Waals surface area contributed by atoms with Crippen LogP contribution in [0.2, 0.25) is 0 Å². The maximum absolute atomic E-state index is 13.6. The van der Waals surface area contributed by atoms with E-state index in [0.717, 1.165) is 31.2 Å². The van der Waals surface area contributed by atoms with Crippen LogP contribution in [-0.4, -0.2) is 70.9 Å². The lowest BCUT2D eigenvalue weighted by atomic mass is 9.90. The average molecular weight is 540 g/mol. The van der Waals surface area contributed by atoms with E-state index >= 15 is 0 Å². The van der Waals surface area contributed by atoms with Gasteiger partial charge in [-0.15, -0.1) is 0 Å². The number of hydrogen-bond acceptors (Lipinski definition) is 7. The molecule has 1 saturated carbocycles. The predicted octanol–water partition coefficient (Wildman–Crippen LogP) is 1.69. The van der Waals surface area contributed by atoms with Gasteiger partial charge in [0, 0.05) is 18.8 Å². The number of amides is 3. The third kappa shape index (κ3) is 7.44. The number of nitrogens with zero attached hydrogens (tertiary/aromatic N) is 1. The summed E-state index contributed by atoms with van der Waals surface area (Å²) in [4.78, 5) is 58.9.